The lowest BCUT2D eigenvalue weighted by Gasteiger charge is -2.25. The number of ether oxygens (including phenoxy) is 3. The van der Waals surface area contributed by atoms with Gasteiger partial charge in [-0.15, -0.1) is 0 Å². The molecule has 190 valence electrons. The Bertz CT molecular complexity index is 1570. The average Bonchev–Trinajstić information content (AvgIpc) is 3.42. The Morgan fingerprint density at radius 2 is 1.81 bits per heavy atom. The normalized spacial score (nSPS) is 14.7. The van der Waals surface area contributed by atoms with E-state index < -0.39 is 20.4 Å². The number of rotatable bonds is 6. The molecule has 4 aromatic rings. The van der Waals surface area contributed by atoms with Crippen LogP contribution in [0.3, 0.4) is 0 Å². The molecule has 0 amide bonds. The van der Waals surface area contributed by atoms with Gasteiger partial charge in [-0.2, -0.15) is 5.10 Å². The van der Waals surface area contributed by atoms with Crippen molar-refractivity contribution in [3.05, 3.63) is 48.8 Å². The van der Waals surface area contributed by atoms with E-state index in [4.69, 9.17) is 14.2 Å². The molecule has 0 unspecified atom stereocenters. The lowest BCUT2D eigenvalue weighted by Crippen LogP contribution is -2.30. The van der Waals surface area contributed by atoms with Gasteiger partial charge in [0.1, 0.15) is 16.3 Å². The largest absolute Gasteiger partial charge is 0.495 e. The third-order valence-corrected chi connectivity index (χ3v) is 8.84. The summed E-state index contributed by atoms with van der Waals surface area (Å²) >= 11 is 0. The maximum atomic E-state index is 15.3. The van der Waals surface area contributed by atoms with Crippen LogP contribution in [0.1, 0.15) is 26.8 Å². The van der Waals surface area contributed by atoms with E-state index in [-0.39, 0.29) is 22.4 Å². The first kappa shape index (κ1) is 24.3. The summed E-state index contributed by atoms with van der Waals surface area (Å²) in [5.74, 6) is -0.270. The molecule has 0 spiro atoms. The molecule has 0 N–H and O–H groups in total. The highest BCUT2D eigenvalue weighted by molar-refractivity contribution is 7.92. The minimum Gasteiger partial charge on any atom is -0.495 e. The summed E-state index contributed by atoms with van der Waals surface area (Å²) in [6.07, 6.45) is 6.55. The molecule has 9 nitrogen and oxygen atoms in total. The van der Waals surface area contributed by atoms with Gasteiger partial charge in [0.15, 0.2) is 21.4 Å². The van der Waals surface area contributed by atoms with Gasteiger partial charge < -0.3 is 14.2 Å². The van der Waals surface area contributed by atoms with E-state index in [2.05, 4.69) is 10.1 Å². The van der Waals surface area contributed by atoms with Gasteiger partial charge in [-0.05, 0) is 32.9 Å². The monoisotopic (exact) mass is 514 g/mol. The number of hydrogen-bond acceptors (Lipinski definition) is 7. The van der Waals surface area contributed by atoms with Gasteiger partial charge >= 0.3 is 0 Å². The Morgan fingerprint density at radius 1 is 1.06 bits per heavy atom. The van der Waals surface area contributed by atoms with Gasteiger partial charge in [0.25, 0.3) is 0 Å². The second kappa shape index (κ2) is 8.59. The molecule has 36 heavy (non-hydrogen) atoms. The van der Waals surface area contributed by atoms with E-state index in [1.165, 1.54) is 26.5 Å². The maximum absolute atomic E-state index is 15.3. The Labute approximate surface area is 208 Å². The minimum absolute atomic E-state index is 0.0300. The summed E-state index contributed by atoms with van der Waals surface area (Å²) in [7, 11) is -0.921. The zero-order chi connectivity index (χ0) is 25.8. The van der Waals surface area contributed by atoms with Crippen LogP contribution in [-0.4, -0.2) is 59.8 Å². The fourth-order valence-corrected chi connectivity index (χ4v) is 5.42. The van der Waals surface area contributed by atoms with E-state index in [1.54, 1.807) is 54.4 Å². The fourth-order valence-electron chi connectivity index (χ4n) is 4.11. The molecule has 0 bridgehead atoms. The molecule has 11 heteroatoms. The number of sulfone groups is 1. The van der Waals surface area contributed by atoms with Crippen molar-refractivity contribution >= 4 is 15.5 Å². The summed E-state index contributed by atoms with van der Waals surface area (Å²) in [6, 6.07) is 4.84. The first-order chi connectivity index (χ1) is 17.0. The number of fused-ring (bicyclic) bond motifs is 1. The smallest absolute Gasteiger partial charge is 0.188 e. The summed E-state index contributed by atoms with van der Waals surface area (Å²) in [4.78, 5) is 4.44. The Morgan fingerprint density at radius 3 is 2.42 bits per heavy atom. The summed E-state index contributed by atoms with van der Waals surface area (Å²) < 4.78 is 60.2. The molecule has 1 aliphatic rings. The SMILES string of the molecule is COc1cc2ncc(-c3cc(F)c(OC)c(-c4cnn(C5COC5)c4)c3)n2cc1S(=O)(=O)C(C)(C)C. The van der Waals surface area contributed by atoms with E-state index >= 15 is 4.39 Å². The molecule has 0 saturated carbocycles. The van der Waals surface area contributed by atoms with Gasteiger partial charge in [0.2, 0.25) is 0 Å². The van der Waals surface area contributed by atoms with Crippen LogP contribution in [0.15, 0.2) is 47.9 Å². The van der Waals surface area contributed by atoms with Crippen LogP contribution < -0.4 is 9.47 Å². The standard InChI is InChI=1S/C25H27FN4O5S/c1-25(2,3)36(31,32)22-12-29-20(10-27-23(29)8-21(22)33-4)15-6-18(24(34-5)19(26)7-15)16-9-28-30(11-16)17-13-35-14-17/h6-12,17H,13-14H2,1-5H3. The molecular formula is C25H27FN4O5S. The minimum atomic E-state index is -3.75. The molecule has 0 aliphatic carbocycles. The van der Waals surface area contributed by atoms with Crippen LogP contribution in [0, 0.1) is 5.82 Å². The molecular weight excluding hydrogens is 487 g/mol. The van der Waals surface area contributed by atoms with Crippen molar-refractivity contribution in [1.29, 1.82) is 0 Å². The second-order valence-corrected chi connectivity index (χ2v) is 12.3. The molecule has 1 saturated heterocycles. The van der Waals surface area contributed by atoms with Gasteiger partial charge in [-0.25, -0.2) is 17.8 Å². The van der Waals surface area contributed by atoms with E-state index in [1.807, 2.05) is 6.20 Å². The lowest BCUT2D eigenvalue weighted by atomic mass is 10.0. The maximum Gasteiger partial charge on any atom is 0.188 e. The molecule has 1 aliphatic heterocycles. The number of benzene rings is 1. The molecule has 0 atom stereocenters. The van der Waals surface area contributed by atoms with Gasteiger partial charge in [-0.1, -0.05) is 0 Å². The summed E-state index contributed by atoms with van der Waals surface area (Å²) in [5, 5.41) is 4.40. The third kappa shape index (κ3) is 3.82. The van der Waals surface area contributed by atoms with Crippen molar-refractivity contribution in [1.82, 2.24) is 19.2 Å². The highest BCUT2D eigenvalue weighted by Crippen LogP contribution is 2.39. The molecule has 4 heterocycles. The lowest BCUT2D eigenvalue weighted by molar-refractivity contribution is -0.0286. The highest BCUT2D eigenvalue weighted by Gasteiger charge is 2.34. The Kier molecular flexibility index (Phi) is 5.79. The van der Waals surface area contributed by atoms with E-state index in [0.717, 1.165) is 0 Å². The molecule has 3 aromatic heterocycles. The van der Waals surface area contributed by atoms with Crippen LogP contribution in [0.4, 0.5) is 4.39 Å². The first-order valence-corrected chi connectivity index (χ1v) is 12.8. The molecule has 1 aromatic carbocycles. The first-order valence-electron chi connectivity index (χ1n) is 11.3. The van der Waals surface area contributed by atoms with Crippen molar-refractivity contribution < 1.29 is 27.0 Å². The summed E-state index contributed by atoms with van der Waals surface area (Å²) in [5.41, 5.74) is 2.68. The Hall–Kier alpha value is -3.44. The zero-order valence-electron chi connectivity index (χ0n) is 20.6. The summed E-state index contributed by atoms with van der Waals surface area (Å²) in [6.45, 7) is 6.04. The zero-order valence-corrected chi connectivity index (χ0v) is 21.5. The van der Waals surface area contributed by atoms with Crippen molar-refractivity contribution in [3.63, 3.8) is 0 Å². The van der Waals surface area contributed by atoms with Gasteiger partial charge in [-0.3, -0.25) is 9.08 Å². The number of nitrogens with zero attached hydrogens (tertiary/aromatic N) is 4. The van der Waals surface area contributed by atoms with Crippen LogP contribution in [0.25, 0.3) is 28.0 Å². The van der Waals surface area contributed by atoms with Crippen molar-refractivity contribution in [3.8, 4) is 33.9 Å². The quantitative estimate of drug-likeness (QED) is 0.381. The topological polar surface area (TPSA) is 96.9 Å². The molecule has 5 rings (SSSR count). The predicted octanol–water partition coefficient (Wildman–Crippen LogP) is 4.16. The predicted molar refractivity (Wildman–Crippen MR) is 132 cm³/mol. The average molecular weight is 515 g/mol. The second-order valence-electron chi connectivity index (χ2n) is 9.63. The number of hydrogen-bond donors (Lipinski definition) is 0. The van der Waals surface area contributed by atoms with Gasteiger partial charge in [0, 0.05) is 35.2 Å². The van der Waals surface area contributed by atoms with Crippen molar-refractivity contribution in [2.24, 2.45) is 0 Å². The molecule has 1 fully saturated rings. The van der Waals surface area contributed by atoms with E-state index in [0.29, 0.717) is 41.2 Å². The van der Waals surface area contributed by atoms with Crippen molar-refractivity contribution in [2.45, 2.75) is 36.5 Å². The fraction of sp³-hybridized carbons (Fsp3) is 0.360. The number of pyridine rings is 1. The number of halogens is 1. The number of methoxy groups -OCH3 is 2. The van der Waals surface area contributed by atoms with Crippen LogP contribution in [0.2, 0.25) is 0 Å². The number of aromatic nitrogens is 4. The molecule has 0 radical (unpaired) electrons. The highest BCUT2D eigenvalue weighted by atomic mass is 32.2. The van der Waals surface area contributed by atoms with Crippen LogP contribution in [0.5, 0.6) is 11.5 Å². The third-order valence-electron chi connectivity index (χ3n) is 6.34. The van der Waals surface area contributed by atoms with E-state index in [9.17, 15) is 8.42 Å². The van der Waals surface area contributed by atoms with Crippen LogP contribution >= 0.6 is 0 Å². The Balaban J connectivity index is 1.68. The number of imidazole rings is 1. The van der Waals surface area contributed by atoms with Crippen LogP contribution in [-0.2, 0) is 14.6 Å². The van der Waals surface area contributed by atoms with Gasteiger partial charge in [0.05, 0.1) is 56.3 Å². The van der Waals surface area contributed by atoms with Crippen molar-refractivity contribution in [2.75, 3.05) is 27.4 Å².